The SMILES string of the molecule is CCC1CC1NC(=O)c1ccc(OC)c(S(=O)(=O)Cl)c1. The van der Waals surface area contributed by atoms with Crippen molar-refractivity contribution in [3.8, 4) is 5.75 Å². The van der Waals surface area contributed by atoms with Crippen molar-refractivity contribution in [2.24, 2.45) is 5.92 Å². The summed E-state index contributed by atoms with van der Waals surface area (Å²) >= 11 is 0. The van der Waals surface area contributed by atoms with Gasteiger partial charge in [-0.1, -0.05) is 13.3 Å². The van der Waals surface area contributed by atoms with E-state index in [0.717, 1.165) is 12.8 Å². The largest absolute Gasteiger partial charge is 0.495 e. The molecule has 20 heavy (non-hydrogen) atoms. The maximum atomic E-state index is 12.0. The fourth-order valence-electron chi connectivity index (χ4n) is 2.14. The third-order valence-corrected chi connectivity index (χ3v) is 4.80. The van der Waals surface area contributed by atoms with Gasteiger partial charge in [0.2, 0.25) is 0 Å². The first-order chi connectivity index (χ1) is 9.36. The van der Waals surface area contributed by atoms with Crippen molar-refractivity contribution in [3.05, 3.63) is 23.8 Å². The summed E-state index contributed by atoms with van der Waals surface area (Å²) in [6, 6.07) is 4.36. The van der Waals surface area contributed by atoms with Gasteiger partial charge in [-0.2, -0.15) is 0 Å². The lowest BCUT2D eigenvalue weighted by molar-refractivity contribution is 0.0948. The zero-order valence-electron chi connectivity index (χ0n) is 11.2. The van der Waals surface area contributed by atoms with Gasteiger partial charge < -0.3 is 10.1 Å². The minimum Gasteiger partial charge on any atom is -0.495 e. The van der Waals surface area contributed by atoms with Crippen LogP contribution in [0.4, 0.5) is 0 Å². The van der Waals surface area contributed by atoms with Crippen LogP contribution in [-0.4, -0.2) is 27.5 Å². The van der Waals surface area contributed by atoms with Crippen molar-refractivity contribution < 1.29 is 17.9 Å². The Morgan fingerprint density at radius 2 is 2.20 bits per heavy atom. The Bertz CT molecular complexity index is 629. The number of hydrogen-bond acceptors (Lipinski definition) is 4. The van der Waals surface area contributed by atoms with E-state index in [2.05, 4.69) is 12.2 Å². The smallest absolute Gasteiger partial charge is 0.265 e. The number of benzene rings is 1. The maximum absolute atomic E-state index is 12.0. The summed E-state index contributed by atoms with van der Waals surface area (Å²) < 4.78 is 27.9. The van der Waals surface area contributed by atoms with E-state index in [9.17, 15) is 13.2 Å². The van der Waals surface area contributed by atoms with Crippen molar-refractivity contribution in [3.63, 3.8) is 0 Å². The second-order valence-corrected chi connectivity index (χ2v) is 7.32. The van der Waals surface area contributed by atoms with Crippen LogP contribution in [-0.2, 0) is 9.05 Å². The highest BCUT2D eigenvalue weighted by Gasteiger charge is 2.36. The molecule has 1 fully saturated rings. The Morgan fingerprint density at radius 1 is 1.50 bits per heavy atom. The minimum atomic E-state index is -3.96. The Labute approximate surface area is 122 Å². The van der Waals surface area contributed by atoms with Crippen LogP contribution in [0.5, 0.6) is 5.75 Å². The predicted molar refractivity (Wildman–Crippen MR) is 75.7 cm³/mol. The van der Waals surface area contributed by atoms with Crippen LogP contribution in [0.2, 0.25) is 0 Å². The summed E-state index contributed by atoms with van der Waals surface area (Å²) in [5.41, 5.74) is 0.256. The topological polar surface area (TPSA) is 72.5 Å². The number of rotatable bonds is 5. The molecule has 0 bridgehead atoms. The summed E-state index contributed by atoms with van der Waals surface area (Å²) in [4.78, 5) is 11.8. The molecule has 1 aliphatic rings. The van der Waals surface area contributed by atoms with E-state index in [4.69, 9.17) is 15.4 Å². The molecular formula is C13H16ClNO4S. The van der Waals surface area contributed by atoms with E-state index in [1.807, 2.05) is 0 Å². The normalized spacial score (nSPS) is 21.4. The number of methoxy groups -OCH3 is 1. The lowest BCUT2D eigenvalue weighted by Crippen LogP contribution is -2.26. The zero-order valence-corrected chi connectivity index (χ0v) is 12.8. The molecule has 2 rings (SSSR count). The van der Waals surface area contributed by atoms with Gasteiger partial charge in [0.25, 0.3) is 15.0 Å². The number of nitrogens with one attached hydrogen (secondary N) is 1. The molecule has 0 aliphatic heterocycles. The third kappa shape index (κ3) is 3.24. The van der Waals surface area contributed by atoms with E-state index >= 15 is 0 Å². The number of carbonyl (C=O) groups excluding carboxylic acids is 1. The highest BCUT2D eigenvalue weighted by atomic mass is 35.7. The molecule has 0 radical (unpaired) electrons. The molecule has 1 aromatic carbocycles. The molecule has 0 saturated heterocycles. The van der Waals surface area contributed by atoms with E-state index in [0.29, 0.717) is 5.92 Å². The molecule has 1 amide bonds. The van der Waals surface area contributed by atoms with Crippen molar-refractivity contribution in [1.29, 1.82) is 0 Å². The van der Waals surface area contributed by atoms with Gasteiger partial charge in [0.1, 0.15) is 10.6 Å². The molecule has 7 heteroatoms. The van der Waals surface area contributed by atoms with Crippen LogP contribution >= 0.6 is 10.7 Å². The number of amides is 1. The number of halogens is 1. The summed E-state index contributed by atoms with van der Waals surface area (Å²) in [6.45, 7) is 2.07. The molecule has 0 aromatic heterocycles. The first-order valence-corrected chi connectivity index (χ1v) is 8.61. The van der Waals surface area contributed by atoms with Gasteiger partial charge in [-0.15, -0.1) is 0 Å². The summed E-state index contributed by atoms with van der Waals surface area (Å²) in [6.07, 6.45) is 1.99. The molecule has 1 aliphatic carbocycles. The Balaban J connectivity index is 2.23. The molecular weight excluding hydrogens is 302 g/mol. The van der Waals surface area contributed by atoms with E-state index < -0.39 is 9.05 Å². The highest BCUT2D eigenvalue weighted by Crippen LogP contribution is 2.33. The fraction of sp³-hybridized carbons (Fsp3) is 0.462. The van der Waals surface area contributed by atoms with Gasteiger partial charge in [-0.05, 0) is 30.5 Å². The van der Waals surface area contributed by atoms with E-state index in [1.165, 1.54) is 25.3 Å². The van der Waals surface area contributed by atoms with Crippen LogP contribution in [0.25, 0.3) is 0 Å². The predicted octanol–water partition coefficient (Wildman–Crippen LogP) is 2.15. The second kappa shape index (κ2) is 5.61. The van der Waals surface area contributed by atoms with Crippen molar-refractivity contribution in [2.45, 2.75) is 30.7 Å². The van der Waals surface area contributed by atoms with Gasteiger partial charge in [-0.3, -0.25) is 4.79 Å². The van der Waals surface area contributed by atoms with Crippen LogP contribution in [0.3, 0.4) is 0 Å². The molecule has 1 saturated carbocycles. The first kappa shape index (κ1) is 15.1. The molecule has 1 aromatic rings. The third-order valence-electron chi connectivity index (χ3n) is 3.45. The fourth-order valence-corrected chi connectivity index (χ4v) is 3.16. The standard InChI is InChI=1S/C13H16ClNO4S/c1-3-8-6-10(8)15-13(16)9-4-5-11(19-2)12(7-9)20(14,17)18/h4-5,7-8,10H,3,6H2,1-2H3,(H,15,16). The van der Waals surface area contributed by atoms with Gasteiger partial charge in [0, 0.05) is 22.3 Å². The van der Waals surface area contributed by atoms with Crippen molar-refractivity contribution in [2.75, 3.05) is 7.11 Å². The zero-order chi connectivity index (χ0) is 14.9. The number of carbonyl (C=O) groups is 1. The summed E-state index contributed by atoms with van der Waals surface area (Å²) in [7, 11) is 2.72. The quantitative estimate of drug-likeness (QED) is 0.845. The molecule has 1 N–H and O–H groups in total. The lowest BCUT2D eigenvalue weighted by atomic mass is 10.2. The van der Waals surface area contributed by atoms with Gasteiger partial charge in [-0.25, -0.2) is 8.42 Å². The van der Waals surface area contributed by atoms with Crippen LogP contribution in [0.15, 0.2) is 23.1 Å². The van der Waals surface area contributed by atoms with Crippen LogP contribution < -0.4 is 10.1 Å². The summed E-state index contributed by atoms with van der Waals surface area (Å²) in [5, 5.41) is 2.87. The number of ether oxygens (including phenoxy) is 1. The molecule has 2 atom stereocenters. The Morgan fingerprint density at radius 3 is 2.70 bits per heavy atom. The molecule has 2 unspecified atom stereocenters. The van der Waals surface area contributed by atoms with Gasteiger partial charge in [0.05, 0.1) is 7.11 Å². The average molecular weight is 318 g/mol. The highest BCUT2D eigenvalue weighted by molar-refractivity contribution is 8.13. The monoisotopic (exact) mass is 317 g/mol. The summed E-state index contributed by atoms with van der Waals surface area (Å²) in [5.74, 6) is 0.345. The van der Waals surface area contributed by atoms with Crippen molar-refractivity contribution >= 4 is 25.6 Å². The molecule has 0 spiro atoms. The maximum Gasteiger partial charge on any atom is 0.265 e. The van der Waals surface area contributed by atoms with Crippen LogP contribution in [0, 0.1) is 5.92 Å². The molecule has 110 valence electrons. The van der Waals surface area contributed by atoms with E-state index in [1.54, 1.807) is 0 Å². The van der Waals surface area contributed by atoms with Crippen molar-refractivity contribution in [1.82, 2.24) is 5.32 Å². The Hall–Kier alpha value is -1.27. The van der Waals surface area contributed by atoms with Gasteiger partial charge >= 0.3 is 0 Å². The molecule has 5 nitrogen and oxygen atoms in total. The minimum absolute atomic E-state index is 0.120. The van der Waals surface area contributed by atoms with Crippen LogP contribution in [0.1, 0.15) is 30.1 Å². The average Bonchev–Trinajstić information content (AvgIpc) is 3.15. The lowest BCUT2D eigenvalue weighted by Gasteiger charge is -2.09. The van der Waals surface area contributed by atoms with E-state index in [-0.39, 0.29) is 28.2 Å². The Kier molecular flexibility index (Phi) is 4.25. The second-order valence-electron chi connectivity index (χ2n) is 4.79. The molecule has 0 heterocycles. The number of hydrogen-bond donors (Lipinski definition) is 1. The van der Waals surface area contributed by atoms with Gasteiger partial charge in [0.15, 0.2) is 0 Å². The first-order valence-electron chi connectivity index (χ1n) is 6.30.